The normalized spacial score (nSPS) is 10.6. The molecule has 0 atom stereocenters. The summed E-state index contributed by atoms with van der Waals surface area (Å²) in [5.74, 6) is 0.669. The van der Waals surface area contributed by atoms with Gasteiger partial charge in [-0.3, -0.25) is 5.43 Å². The molecule has 0 fully saturated rings. The molecule has 114 valence electrons. The molecule has 2 aromatic carbocycles. The number of rotatable bonds is 5. The van der Waals surface area contributed by atoms with Gasteiger partial charge in [-0.25, -0.2) is 0 Å². The number of nitrogens with two attached hydrogens (primary N) is 1. The summed E-state index contributed by atoms with van der Waals surface area (Å²) in [5, 5.41) is 5.17. The predicted octanol–water partition coefficient (Wildman–Crippen LogP) is 3.74. The number of halogens is 2. The Morgan fingerprint density at radius 2 is 2.05 bits per heavy atom. The van der Waals surface area contributed by atoms with Crippen molar-refractivity contribution in [3.63, 3.8) is 0 Å². The largest absolute Gasteiger partial charge is 0.488 e. The van der Waals surface area contributed by atoms with Gasteiger partial charge in [0.2, 0.25) is 0 Å². The highest BCUT2D eigenvalue weighted by molar-refractivity contribution is 7.80. The molecule has 0 saturated heterocycles. The predicted molar refractivity (Wildman–Crippen MR) is 94.8 cm³/mol. The van der Waals surface area contributed by atoms with Crippen LogP contribution in [0.3, 0.4) is 0 Å². The number of hydrogen-bond acceptors (Lipinski definition) is 3. The first-order chi connectivity index (χ1) is 10.6. The van der Waals surface area contributed by atoms with Crippen molar-refractivity contribution in [3.8, 4) is 5.75 Å². The molecule has 0 spiro atoms. The number of hydrogen-bond donors (Lipinski definition) is 2. The first-order valence-electron chi connectivity index (χ1n) is 6.30. The summed E-state index contributed by atoms with van der Waals surface area (Å²) in [6, 6.07) is 12.7. The fourth-order valence-corrected chi connectivity index (χ4v) is 2.19. The molecule has 0 saturated carbocycles. The van der Waals surface area contributed by atoms with E-state index >= 15 is 0 Å². The smallest absolute Gasteiger partial charge is 0.184 e. The van der Waals surface area contributed by atoms with Gasteiger partial charge in [0, 0.05) is 21.2 Å². The Morgan fingerprint density at radius 3 is 2.77 bits per heavy atom. The van der Waals surface area contributed by atoms with Crippen LogP contribution in [-0.2, 0) is 6.61 Å². The van der Waals surface area contributed by atoms with Gasteiger partial charge in [-0.05, 0) is 36.5 Å². The fourth-order valence-electron chi connectivity index (χ4n) is 1.68. The molecule has 7 heteroatoms. The van der Waals surface area contributed by atoms with E-state index in [4.69, 9.17) is 33.7 Å². The lowest BCUT2D eigenvalue weighted by Crippen LogP contribution is -2.24. The van der Waals surface area contributed by atoms with Gasteiger partial charge in [-0.15, -0.1) is 0 Å². The van der Waals surface area contributed by atoms with E-state index in [9.17, 15) is 0 Å². The van der Waals surface area contributed by atoms with Crippen LogP contribution in [0.15, 0.2) is 47.6 Å². The summed E-state index contributed by atoms with van der Waals surface area (Å²) in [5.41, 5.74) is 9.44. The van der Waals surface area contributed by atoms with Crippen molar-refractivity contribution < 1.29 is 4.74 Å². The highest BCUT2D eigenvalue weighted by Gasteiger charge is 2.05. The van der Waals surface area contributed by atoms with E-state index in [1.54, 1.807) is 18.3 Å². The summed E-state index contributed by atoms with van der Waals surface area (Å²) in [6.07, 6.45) is 1.58. The van der Waals surface area contributed by atoms with Gasteiger partial charge >= 0.3 is 0 Å². The third-order valence-electron chi connectivity index (χ3n) is 2.70. The Labute approximate surface area is 143 Å². The van der Waals surface area contributed by atoms with Gasteiger partial charge < -0.3 is 10.5 Å². The fraction of sp³-hybridized carbons (Fsp3) is 0.0667. The molecule has 0 aliphatic heterocycles. The number of hydrazone groups is 1. The van der Waals surface area contributed by atoms with Crippen molar-refractivity contribution in [1.82, 2.24) is 5.43 Å². The highest BCUT2D eigenvalue weighted by Crippen LogP contribution is 2.23. The zero-order chi connectivity index (χ0) is 15.9. The van der Waals surface area contributed by atoms with Crippen LogP contribution in [0.1, 0.15) is 11.1 Å². The van der Waals surface area contributed by atoms with E-state index < -0.39 is 0 Å². The molecule has 0 radical (unpaired) electrons. The lowest BCUT2D eigenvalue weighted by Gasteiger charge is -2.10. The van der Waals surface area contributed by atoms with Crippen LogP contribution in [0.2, 0.25) is 10.0 Å². The van der Waals surface area contributed by atoms with Crippen LogP contribution in [-0.4, -0.2) is 11.3 Å². The Kier molecular flexibility index (Phi) is 6.00. The molecule has 3 N–H and O–H groups in total. The molecular formula is C15H13Cl2N3OS. The molecule has 0 aromatic heterocycles. The monoisotopic (exact) mass is 353 g/mol. The average Bonchev–Trinajstić information content (AvgIpc) is 2.47. The molecule has 0 bridgehead atoms. The third-order valence-corrected chi connectivity index (χ3v) is 3.37. The van der Waals surface area contributed by atoms with Crippen LogP contribution < -0.4 is 15.9 Å². The number of para-hydroxylation sites is 1. The summed E-state index contributed by atoms with van der Waals surface area (Å²) in [4.78, 5) is 0. The third kappa shape index (κ3) is 4.87. The topological polar surface area (TPSA) is 59.6 Å². The van der Waals surface area contributed by atoms with Gasteiger partial charge in [-0.2, -0.15) is 5.10 Å². The number of benzene rings is 2. The van der Waals surface area contributed by atoms with E-state index in [0.717, 1.165) is 11.1 Å². The van der Waals surface area contributed by atoms with Crippen molar-refractivity contribution in [1.29, 1.82) is 0 Å². The van der Waals surface area contributed by atoms with Crippen LogP contribution >= 0.6 is 35.4 Å². The maximum absolute atomic E-state index is 6.12. The molecule has 0 unspecified atom stereocenters. The SMILES string of the molecule is NC(=S)NN=Cc1ccccc1OCc1ccc(Cl)cc1Cl. The van der Waals surface area contributed by atoms with Gasteiger partial charge in [-0.1, -0.05) is 41.4 Å². The van der Waals surface area contributed by atoms with Crippen LogP contribution in [0.5, 0.6) is 5.75 Å². The Morgan fingerprint density at radius 1 is 1.27 bits per heavy atom. The summed E-state index contributed by atoms with van der Waals surface area (Å²) < 4.78 is 5.79. The summed E-state index contributed by atoms with van der Waals surface area (Å²) >= 11 is 16.7. The number of nitrogens with zero attached hydrogens (tertiary/aromatic N) is 1. The maximum Gasteiger partial charge on any atom is 0.184 e. The van der Waals surface area contributed by atoms with Crippen molar-refractivity contribution >= 4 is 46.7 Å². The molecule has 0 heterocycles. The van der Waals surface area contributed by atoms with Crippen molar-refractivity contribution in [2.75, 3.05) is 0 Å². The Hall–Kier alpha value is -1.82. The van der Waals surface area contributed by atoms with Crippen LogP contribution in [0.4, 0.5) is 0 Å². The first kappa shape index (κ1) is 16.5. The van der Waals surface area contributed by atoms with E-state index in [2.05, 4.69) is 22.7 Å². The van der Waals surface area contributed by atoms with Crippen LogP contribution in [0.25, 0.3) is 0 Å². The zero-order valence-corrected chi connectivity index (χ0v) is 13.8. The van der Waals surface area contributed by atoms with E-state index in [-0.39, 0.29) is 5.11 Å². The second-order valence-electron chi connectivity index (χ2n) is 4.30. The van der Waals surface area contributed by atoms with Crippen molar-refractivity contribution in [3.05, 3.63) is 63.6 Å². The molecule has 0 amide bonds. The average molecular weight is 354 g/mol. The molecule has 2 aromatic rings. The van der Waals surface area contributed by atoms with E-state index in [0.29, 0.717) is 22.4 Å². The van der Waals surface area contributed by atoms with E-state index in [1.807, 2.05) is 30.3 Å². The second-order valence-corrected chi connectivity index (χ2v) is 5.58. The lowest BCUT2D eigenvalue weighted by atomic mass is 10.2. The number of thiocarbonyl (C=S) groups is 1. The van der Waals surface area contributed by atoms with Crippen LogP contribution in [0, 0.1) is 0 Å². The molecule has 4 nitrogen and oxygen atoms in total. The zero-order valence-electron chi connectivity index (χ0n) is 11.4. The minimum atomic E-state index is 0.0996. The Balaban J connectivity index is 2.09. The van der Waals surface area contributed by atoms with E-state index in [1.165, 1.54) is 0 Å². The molecular weight excluding hydrogens is 341 g/mol. The van der Waals surface area contributed by atoms with Gasteiger partial charge in [0.1, 0.15) is 12.4 Å². The number of ether oxygens (including phenoxy) is 1. The van der Waals surface area contributed by atoms with Gasteiger partial charge in [0.05, 0.1) is 6.21 Å². The summed E-state index contributed by atoms with van der Waals surface area (Å²) in [7, 11) is 0. The van der Waals surface area contributed by atoms with Crippen molar-refractivity contribution in [2.24, 2.45) is 10.8 Å². The molecule has 2 rings (SSSR count). The number of nitrogens with one attached hydrogen (secondary N) is 1. The maximum atomic E-state index is 6.12. The highest BCUT2D eigenvalue weighted by atomic mass is 35.5. The van der Waals surface area contributed by atoms with Gasteiger partial charge in [0.15, 0.2) is 5.11 Å². The standard InChI is InChI=1S/C15H13Cl2N3OS/c16-12-6-5-11(13(17)7-12)9-21-14-4-2-1-3-10(14)8-19-20-15(18)22/h1-8H,9H2,(H3,18,20,22). The van der Waals surface area contributed by atoms with Crippen molar-refractivity contribution in [2.45, 2.75) is 6.61 Å². The quantitative estimate of drug-likeness (QED) is 0.488. The summed E-state index contributed by atoms with van der Waals surface area (Å²) in [6.45, 7) is 0.323. The molecule has 22 heavy (non-hydrogen) atoms. The second kappa shape index (κ2) is 7.98. The minimum absolute atomic E-state index is 0.0996. The molecule has 0 aliphatic rings. The lowest BCUT2D eigenvalue weighted by molar-refractivity contribution is 0.306. The Bertz CT molecular complexity index is 707. The molecule has 0 aliphatic carbocycles. The first-order valence-corrected chi connectivity index (χ1v) is 7.47. The van der Waals surface area contributed by atoms with Gasteiger partial charge in [0.25, 0.3) is 0 Å². The minimum Gasteiger partial charge on any atom is -0.488 e.